The molecule has 1 aromatic carbocycles. The number of rotatable bonds is 7. The van der Waals surface area contributed by atoms with Crippen LogP contribution in [0.1, 0.15) is 25.2 Å². The topological polar surface area (TPSA) is 46.9 Å². The van der Waals surface area contributed by atoms with Crippen molar-refractivity contribution in [1.82, 2.24) is 14.9 Å². The first-order valence-electron chi connectivity index (χ1n) is 7.85. The molecule has 4 heteroatoms. The summed E-state index contributed by atoms with van der Waals surface area (Å²) in [5.41, 5.74) is 1.21. The zero-order valence-electron chi connectivity index (χ0n) is 13.6. The van der Waals surface area contributed by atoms with Crippen molar-refractivity contribution in [3.63, 3.8) is 0 Å². The number of hydrogen-bond acceptors (Lipinski definition) is 2. The highest BCUT2D eigenvalue weighted by Gasteiger charge is 2.22. The normalized spacial score (nSPS) is 12.4. The van der Waals surface area contributed by atoms with Gasteiger partial charge in [0.15, 0.2) is 0 Å². The highest BCUT2D eigenvalue weighted by molar-refractivity contribution is 5.79. The monoisotopic (exact) mass is 299 g/mol. The first-order chi connectivity index (χ1) is 10.6. The Balaban J connectivity index is 1.88. The van der Waals surface area contributed by atoms with Crippen LogP contribution in [-0.2, 0) is 24.7 Å². The van der Waals surface area contributed by atoms with E-state index in [9.17, 15) is 4.79 Å². The third kappa shape index (κ3) is 4.45. The van der Waals surface area contributed by atoms with Crippen molar-refractivity contribution < 1.29 is 4.79 Å². The minimum absolute atomic E-state index is 0.00349. The van der Waals surface area contributed by atoms with Gasteiger partial charge in [-0.25, -0.2) is 4.98 Å². The van der Waals surface area contributed by atoms with Crippen LogP contribution in [0.25, 0.3) is 0 Å². The Labute approximate surface area is 132 Å². The van der Waals surface area contributed by atoms with Crippen LogP contribution in [-0.4, -0.2) is 22.0 Å². The Morgan fingerprint density at radius 1 is 1.27 bits per heavy atom. The number of benzene rings is 1. The minimum atomic E-state index is 0.00349. The maximum absolute atomic E-state index is 12.5. The van der Waals surface area contributed by atoms with Gasteiger partial charge in [-0.15, -0.1) is 0 Å². The van der Waals surface area contributed by atoms with E-state index in [0.717, 1.165) is 18.7 Å². The molecule has 1 atom stereocenters. The molecule has 22 heavy (non-hydrogen) atoms. The number of imidazole rings is 1. The quantitative estimate of drug-likeness (QED) is 0.854. The predicted molar refractivity (Wildman–Crippen MR) is 88.4 cm³/mol. The summed E-state index contributed by atoms with van der Waals surface area (Å²) >= 11 is 0. The molecule has 2 rings (SSSR count). The van der Waals surface area contributed by atoms with Gasteiger partial charge in [0.1, 0.15) is 5.82 Å². The molecular weight excluding hydrogens is 274 g/mol. The van der Waals surface area contributed by atoms with Crippen molar-refractivity contribution in [3.05, 3.63) is 54.1 Å². The van der Waals surface area contributed by atoms with E-state index in [4.69, 9.17) is 0 Å². The van der Waals surface area contributed by atoms with Crippen LogP contribution >= 0.6 is 0 Å². The number of nitrogens with zero attached hydrogens (tertiary/aromatic N) is 2. The lowest BCUT2D eigenvalue weighted by molar-refractivity contribution is -0.126. The van der Waals surface area contributed by atoms with Crippen LogP contribution < -0.4 is 5.32 Å². The fourth-order valence-corrected chi connectivity index (χ4v) is 2.57. The highest BCUT2D eigenvalue weighted by Crippen LogP contribution is 2.17. The van der Waals surface area contributed by atoms with Gasteiger partial charge in [-0.2, -0.15) is 0 Å². The summed E-state index contributed by atoms with van der Waals surface area (Å²) < 4.78 is 1.98. The summed E-state index contributed by atoms with van der Waals surface area (Å²) in [5.74, 6) is 1.44. The van der Waals surface area contributed by atoms with Gasteiger partial charge in [0.25, 0.3) is 0 Å². The van der Waals surface area contributed by atoms with E-state index in [1.807, 2.05) is 36.0 Å². The first kappa shape index (κ1) is 16.3. The summed E-state index contributed by atoms with van der Waals surface area (Å²) in [5, 5.41) is 3.06. The maximum atomic E-state index is 12.5. The standard InChI is InChI=1S/C18H25N3O/c1-14(2)16(13-15-7-5-4-6-8-15)18(22)20-10-9-17-19-11-12-21(17)3/h4-8,11-12,14,16H,9-10,13H2,1-3H3,(H,20,22)/t16-/m0/s1. The maximum Gasteiger partial charge on any atom is 0.223 e. The molecule has 0 bridgehead atoms. The molecule has 1 amide bonds. The van der Waals surface area contributed by atoms with E-state index < -0.39 is 0 Å². The molecule has 0 saturated heterocycles. The van der Waals surface area contributed by atoms with Crippen LogP contribution in [0.15, 0.2) is 42.7 Å². The molecule has 1 N–H and O–H groups in total. The number of aromatic nitrogens is 2. The number of aryl methyl sites for hydroxylation is 1. The molecule has 0 aliphatic carbocycles. The predicted octanol–water partition coefficient (Wildman–Crippen LogP) is 2.59. The number of amides is 1. The summed E-state index contributed by atoms with van der Waals surface area (Å²) in [7, 11) is 1.97. The van der Waals surface area contributed by atoms with Crippen LogP contribution in [0.5, 0.6) is 0 Å². The molecule has 0 fully saturated rings. The molecule has 0 unspecified atom stereocenters. The average Bonchev–Trinajstić information content (AvgIpc) is 2.91. The Kier molecular flexibility index (Phi) is 5.75. The smallest absolute Gasteiger partial charge is 0.223 e. The van der Waals surface area contributed by atoms with Gasteiger partial charge in [-0.3, -0.25) is 4.79 Å². The summed E-state index contributed by atoms with van der Waals surface area (Å²) in [4.78, 5) is 16.7. The highest BCUT2D eigenvalue weighted by atomic mass is 16.1. The summed E-state index contributed by atoms with van der Waals surface area (Å²) in [6, 6.07) is 10.2. The van der Waals surface area contributed by atoms with Gasteiger partial charge in [0, 0.05) is 38.3 Å². The molecular formula is C18H25N3O. The van der Waals surface area contributed by atoms with Gasteiger partial charge in [-0.05, 0) is 17.9 Å². The SMILES string of the molecule is CC(C)[C@H](Cc1ccccc1)C(=O)NCCc1nccn1C. The molecule has 1 aromatic heterocycles. The van der Waals surface area contributed by atoms with Crippen LogP contribution in [0.3, 0.4) is 0 Å². The molecule has 0 aliphatic rings. The van der Waals surface area contributed by atoms with Crippen LogP contribution in [0, 0.1) is 11.8 Å². The summed E-state index contributed by atoms with van der Waals surface area (Å²) in [6.45, 7) is 4.83. The Morgan fingerprint density at radius 3 is 2.59 bits per heavy atom. The Hall–Kier alpha value is -2.10. The van der Waals surface area contributed by atoms with Crippen molar-refractivity contribution >= 4 is 5.91 Å². The van der Waals surface area contributed by atoms with Gasteiger partial charge in [0.2, 0.25) is 5.91 Å². The molecule has 0 radical (unpaired) electrons. The van der Waals surface area contributed by atoms with Crippen molar-refractivity contribution in [2.24, 2.45) is 18.9 Å². The lowest BCUT2D eigenvalue weighted by atomic mass is 9.88. The van der Waals surface area contributed by atoms with E-state index in [2.05, 4.69) is 36.3 Å². The van der Waals surface area contributed by atoms with Crippen molar-refractivity contribution in [2.75, 3.05) is 6.54 Å². The average molecular weight is 299 g/mol. The van der Waals surface area contributed by atoms with Crippen molar-refractivity contribution in [2.45, 2.75) is 26.7 Å². The van der Waals surface area contributed by atoms with E-state index in [1.54, 1.807) is 6.20 Å². The van der Waals surface area contributed by atoms with E-state index in [-0.39, 0.29) is 11.8 Å². The fourth-order valence-electron chi connectivity index (χ4n) is 2.57. The number of hydrogen-bond donors (Lipinski definition) is 1. The first-order valence-corrected chi connectivity index (χ1v) is 7.85. The lowest BCUT2D eigenvalue weighted by Gasteiger charge is -2.20. The number of carbonyl (C=O) groups excluding carboxylic acids is 1. The number of nitrogens with one attached hydrogen (secondary N) is 1. The largest absolute Gasteiger partial charge is 0.355 e. The van der Waals surface area contributed by atoms with Crippen molar-refractivity contribution in [1.29, 1.82) is 0 Å². The van der Waals surface area contributed by atoms with Crippen LogP contribution in [0.2, 0.25) is 0 Å². The second-order valence-electron chi connectivity index (χ2n) is 6.04. The third-order valence-electron chi connectivity index (χ3n) is 4.01. The Bertz CT molecular complexity index is 589. The summed E-state index contributed by atoms with van der Waals surface area (Å²) in [6.07, 6.45) is 5.24. The molecule has 1 heterocycles. The van der Waals surface area contributed by atoms with Gasteiger partial charge in [0.05, 0.1) is 0 Å². The minimum Gasteiger partial charge on any atom is -0.355 e. The molecule has 118 valence electrons. The van der Waals surface area contributed by atoms with Gasteiger partial charge in [-0.1, -0.05) is 44.2 Å². The zero-order chi connectivity index (χ0) is 15.9. The van der Waals surface area contributed by atoms with Gasteiger partial charge >= 0.3 is 0 Å². The number of carbonyl (C=O) groups is 1. The van der Waals surface area contributed by atoms with E-state index >= 15 is 0 Å². The molecule has 0 saturated carbocycles. The fraction of sp³-hybridized carbons (Fsp3) is 0.444. The van der Waals surface area contributed by atoms with Gasteiger partial charge < -0.3 is 9.88 Å². The van der Waals surface area contributed by atoms with Crippen molar-refractivity contribution in [3.8, 4) is 0 Å². The molecule has 0 aliphatic heterocycles. The van der Waals surface area contributed by atoms with Crippen LogP contribution in [0.4, 0.5) is 0 Å². The van der Waals surface area contributed by atoms with E-state index in [0.29, 0.717) is 12.5 Å². The second-order valence-corrected chi connectivity index (χ2v) is 6.04. The zero-order valence-corrected chi connectivity index (χ0v) is 13.6. The second kappa shape index (κ2) is 7.78. The molecule has 0 spiro atoms. The third-order valence-corrected chi connectivity index (χ3v) is 4.01. The van der Waals surface area contributed by atoms with E-state index in [1.165, 1.54) is 5.56 Å². The molecule has 2 aromatic rings. The lowest BCUT2D eigenvalue weighted by Crippen LogP contribution is -2.36. The Morgan fingerprint density at radius 2 is 2.00 bits per heavy atom. The molecule has 4 nitrogen and oxygen atoms in total.